The number of quaternary nitrogens is 1. The van der Waals surface area contributed by atoms with Gasteiger partial charge in [0.1, 0.15) is 23.9 Å². The molecule has 0 aromatic heterocycles. The molecule has 0 saturated carbocycles. The van der Waals surface area contributed by atoms with Gasteiger partial charge in [-0.2, -0.15) is 0 Å². The summed E-state index contributed by atoms with van der Waals surface area (Å²) in [4.78, 5) is 3.72. The van der Waals surface area contributed by atoms with E-state index in [1.807, 2.05) is 36.4 Å². The molecular formula is C22H24FN2O2+. The second-order valence-corrected chi connectivity index (χ2v) is 7.04. The van der Waals surface area contributed by atoms with Gasteiger partial charge in [0.05, 0.1) is 38.9 Å². The summed E-state index contributed by atoms with van der Waals surface area (Å²) < 4.78 is 18.5. The van der Waals surface area contributed by atoms with Crippen molar-refractivity contribution < 1.29 is 19.1 Å². The van der Waals surface area contributed by atoms with E-state index >= 15 is 0 Å². The molecular weight excluding hydrogens is 343 g/mol. The van der Waals surface area contributed by atoms with E-state index < -0.39 is 0 Å². The first-order valence-electron chi connectivity index (χ1n) is 9.27. The van der Waals surface area contributed by atoms with Gasteiger partial charge in [-0.15, -0.1) is 0 Å². The Morgan fingerprint density at radius 1 is 1.04 bits per heavy atom. The standard InChI is InChI=1S/C22H23FN2O2/c1-27-19-8-2-16-3-9-22(26)21(20(16)14-19)15-24-10-12-25(13-11-24)18-6-4-17(23)5-7-18/h2-9,14,26H,10-13,15H2,1H3/p+1. The Labute approximate surface area is 158 Å². The molecule has 4 rings (SSSR count). The Balaban J connectivity index is 1.50. The van der Waals surface area contributed by atoms with Gasteiger partial charge in [0.15, 0.2) is 0 Å². The number of phenolic OH excluding ortho intramolecular Hbond substituents is 1. The normalized spacial score (nSPS) is 15.3. The lowest BCUT2D eigenvalue weighted by Gasteiger charge is -2.34. The van der Waals surface area contributed by atoms with Crippen molar-refractivity contribution >= 4 is 16.5 Å². The first-order valence-corrected chi connectivity index (χ1v) is 9.27. The number of halogens is 1. The van der Waals surface area contributed by atoms with Crippen molar-refractivity contribution in [2.45, 2.75) is 6.54 Å². The Bertz CT molecular complexity index is 935. The monoisotopic (exact) mass is 367 g/mol. The smallest absolute Gasteiger partial charge is 0.125 e. The first-order chi connectivity index (χ1) is 13.1. The zero-order valence-electron chi connectivity index (χ0n) is 15.4. The number of anilines is 1. The third kappa shape index (κ3) is 3.69. The molecule has 5 heteroatoms. The maximum absolute atomic E-state index is 13.1. The maximum atomic E-state index is 13.1. The highest BCUT2D eigenvalue weighted by Crippen LogP contribution is 2.29. The number of ether oxygens (including phenoxy) is 1. The fourth-order valence-corrected chi connectivity index (χ4v) is 3.82. The second kappa shape index (κ2) is 7.45. The predicted molar refractivity (Wildman–Crippen MR) is 105 cm³/mol. The van der Waals surface area contributed by atoms with Crippen LogP contribution in [0, 0.1) is 5.82 Å². The molecule has 4 nitrogen and oxygen atoms in total. The summed E-state index contributed by atoms with van der Waals surface area (Å²) in [6, 6.07) is 16.4. The second-order valence-electron chi connectivity index (χ2n) is 7.04. The fraction of sp³-hybridized carbons (Fsp3) is 0.273. The molecule has 3 aromatic carbocycles. The summed E-state index contributed by atoms with van der Waals surface area (Å²) in [6.07, 6.45) is 0. The van der Waals surface area contributed by atoms with E-state index in [9.17, 15) is 9.50 Å². The minimum atomic E-state index is -0.204. The number of nitrogens with zero attached hydrogens (tertiary/aromatic N) is 1. The van der Waals surface area contributed by atoms with Crippen LogP contribution >= 0.6 is 0 Å². The van der Waals surface area contributed by atoms with Gasteiger partial charge < -0.3 is 19.6 Å². The summed E-state index contributed by atoms with van der Waals surface area (Å²) in [5, 5.41) is 12.6. The predicted octanol–water partition coefficient (Wildman–Crippen LogP) is 2.60. The van der Waals surface area contributed by atoms with Crippen molar-refractivity contribution in [2.24, 2.45) is 0 Å². The van der Waals surface area contributed by atoms with Crippen LogP contribution in [-0.2, 0) is 6.54 Å². The van der Waals surface area contributed by atoms with Crippen molar-refractivity contribution in [1.29, 1.82) is 0 Å². The maximum Gasteiger partial charge on any atom is 0.125 e. The number of hydrogen-bond donors (Lipinski definition) is 2. The molecule has 1 heterocycles. The SMILES string of the molecule is COc1ccc2ccc(O)c(C[NH+]3CCN(c4ccc(F)cc4)CC3)c2c1. The molecule has 1 aliphatic rings. The van der Waals surface area contributed by atoms with Crippen LogP contribution in [0.25, 0.3) is 10.8 Å². The van der Waals surface area contributed by atoms with Crippen LogP contribution in [-0.4, -0.2) is 38.4 Å². The van der Waals surface area contributed by atoms with Gasteiger partial charge in [0, 0.05) is 5.69 Å². The Morgan fingerprint density at radius 2 is 1.74 bits per heavy atom. The summed E-state index contributed by atoms with van der Waals surface area (Å²) >= 11 is 0. The van der Waals surface area contributed by atoms with Gasteiger partial charge in [-0.3, -0.25) is 0 Å². The molecule has 1 aliphatic heterocycles. The van der Waals surface area contributed by atoms with Crippen LogP contribution in [0.3, 0.4) is 0 Å². The summed E-state index contributed by atoms with van der Waals surface area (Å²) in [6.45, 7) is 4.54. The molecule has 3 aromatic rings. The molecule has 0 amide bonds. The van der Waals surface area contributed by atoms with E-state index in [-0.39, 0.29) is 5.82 Å². The number of methoxy groups -OCH3 is 1. The zero-order chi connectivity index (χ0) is 18.8. The minimum Gasteiger partial charge on any atom is -0.507 e. The number of aromatic hydroxyl groups is 1. The molecule has 0 bridgehead atoms. The highest BCUT2D eigenvalue weighted by molar-refractivity contribution is 5.88. The number of hydrogen-bond acceptors (Lipinski definition) is 3. The van der Waals surface area contributed by atoms with Crippen LogP contribution in [0.1, 0.15) is 5.56 Å². The Morgan fingerprint density at radius 3 is 2.44 bits per heavy atom. The van der Waals surface area contributed by atoms with Crippen molar-refractivity contribution in [1.82, 2.24) is 0 Å². The topological polar surface area (TPSA) is 37.1 Å². The highest BCUT2D eigenvalue weighted by Gasteiger charge is 2.22. The summed E-state index contributed by atoms with van der Waals surface area (Å²) in [5.41, 5.74) is 2.03. The van der Waals surface area contributed by atoms with Gasteiger partial charge in [0.2, 0.25) is 0 Å². The van der Waals surface area contributed by atoms with Crippen molar-refractivity contribution in [3.05, 3.63) is 66.0 Å². The third-order valence-corrected chi connectivity index (χ3v) is 5.40. The number of rotatable bonds is 4. The van der Waals surface area contributed by atoms with Crippen molar-refractivity contribution in [2.75, 3.05) is 38.2 Å². The van der Waals surface area contributed by atoms with E-state index in [4.69, 9.17) is 4.74 Å². The molecule has 0 atom stereocenters. The van der Waals surface area contributed by atoms with E-state index in [0.717, 1.165) is 60.5 Å². The lowest BCUT2D eigenvalue weighted by molar-refractivity contribution is -0.914. The molecule has 0 spiro atoms. The number of fused-ring (bicyclic) bond motifs is 1. The van der Waals surface area contributed by atoms with Gasteiger partial charge in [-0.1, -0.05) is 12.1 Å². The quantitative estimate of drug-likeness (QED) is 0.744. The average Bonchev–Trinajstić information content (AvgIpc) is 2.71. The van der Waals surface area contributed by atoms with Crippen LogP contribution in [0.15, 0.2) is 54.6 Å². The summed E-state index contributed by atoms with van der Waals surface area (Å²) in [5.74, 6) is 0.930. The van der Waals surface area contributed by atoms with Crippen LogP contribution in [0.4, 0.5) is 10.1 Å². The molecule has 140 valence electrons. The van der Waals surface area contributed by atoms with Crippen LogP contribution in [0.5, 0.6) is 11.5 Å². The molecule has 1 saturated heterocycles. The number of phenols is 1. The largest absolute Gasteiger partial charge is 0.507 e. The summed E-state index contributed by atoms with van der Waals surface area (Å²) in [7, 11) is 1.66. The molecule has 0 aliphatic carbocycles. The van der Waals surface area contributed by atoms with Gasteiger partial charge in [-0.05, 0) is 53.2 Å². The van der Waals surface area contributed by atoms with Gasteiger partial charge in [-0.25, -0.2) is 4.39 Å². The van der Waals surface area contributed by atoms with E-state index in [2.05, 4.69) is 4.90 Å². The van der Waals surface area contributed by atoms with Gasteiger partial charge in [0.25, 0.3) is 0 Å². The van der Waals surface area contributed by atoms with E-state index in [1.54, 1.807) is 13.2 Å². The lowest BCUT2D eigenvalue weighted by atomic mass is 10.0. The lowest BCUT2D eigenvalue weighted by Crippen LogP contribution is -3.13. The van der Waals surface area contributed by atoms with Crippen LogP contribution < -0.4 is 14.5 Å². The third-order valence-electron chi connectivity index (χ3n) is 5.40. The van der Waals surface area contributed by atoms with Crippen molar-refractivity contribution in [3.8, 4) is 11.5 Å². The Kier molecular flexibility index (Phi) is 4.86. The molecule has 27 heavy (non-hydrogen) atoms. The van der Waals surface area contributed by atoms with E-state index in [0.29, 0.717) is 5.75 Å². The average molecular weight is 367 g/mol. The molecule has 2 N–H and O–H groups in total. The molecule has 0 radical (unpaired) electrons. The number of piperazine rings is 1. The molecule has 1 fully saturated rings. The first kappa shape index (κ1) is 17.6. The highest BCUT2D eigenvalue weighted by atomic mass is 19.1. The van der Waals surface area contributed by atoms with Crippen molar-refractivity contribution in [3.63, 3.8) is 0 Å². The molecule has 0 unspecified atom stereocenters. The zero-order valence-corrected chi connectivity index (χ0v) is 15.4. The number of nitrogens with one attached hydrogen (secondary N) is 1. The van der Waals surface area contributed by atoms with Gasteiger partial charge >= 0.3 is 0 Å². The van der Waals surface area contributed by atoms with Crippen LogP contribution in [0.2, 0.25) is 0 Å². The van der Waals surface area contributed by atoms with E-state index in [1.165, 1.54) is 17.0 Å². The fourth-order valence-electron chi connectivity index (χ4n) is 3.82. The number of benzene rings is 3. The minimum absolute atomic E-state index is 0.204. The Hall–Kier alpha value is -2.79.